The highest BCUT2D eigenvalue weighted by molar-refractivity contribution is 14.1. The molecule has 0 aromatic heterocycles. The molecule has 1 amide bonds. The number of rotatable bonds is 3. The first-order valence-corrected chi connectivity index (χ1v) is 7.94. The van der Waals surface area contributed by atoms with Crippen LogP contribution >= 0.6 is 22.6 Å². The minimum atomic E-state index is -0.436. The van der Waals surface area contributed by atoms with Crippen molar-refractivity contribution in [2.75, 3.05) is 13.2 Å². The van der Waals surface area contributed by atoms with Gasteiger partial charge in [-0.15, -0.1) is 0 Å². The average molecular weight is 387 g/mol. The summed E-state index contributed by atoms with van der Waals surface area (Å²) < 4.78 is 6.10. The Kier molecular flexibility index (Phi) is 5.39. The summed E-state index contributed by atoms with van der Waals surface area (Å²) in [7, 11) is 0. The topological polar surface area (TPSA) is 46.6 Å². The maximum atomic E-state index is 12.6. The highest BCUT2D eigenvalue weighted by Gasteiger charge is 2.33. The Morgan fingerprint density at radius 1 is 1.40 bits per heavy atom. The molecular weight excluding hydrogens is 369 g/mol. The van der Waals surface area contributed by atoms with E-state index in [0.29, 0.717) is 25.1 Å². The molecule has 0 radical (unpaired) electrons. The van der Waals surface area contributed by atoms with E-state index in [0.717, 1.165) is 16.4 Å². The summed E-state index contributed by atoms with van der Waals surface area (Å²) in [5.74, 6) is -0.368. The number of hydrogen-bond acceptors (Lipinski definition) is 3. The van der Waals surface area contributed by atoms with Crippen molar-refractivity contribution in [3.63, 3.8) is 0 Å². The van der Waals surface area contributed by atoms with Crippen LogP contribution in [0.2, 0.25) is 0 Å². The number of amides is 1. The van der Waals surface area contributed by atoms with E-state index in [4.69, 9.17) is 4.74 Å². The summed E-state index contributed by atoms with van der Waals surface area (Å²) in [6.45, 7) is 2.75. The molecule has 1 saturated heterocycles. The number of piperidine rings is 1. The van der Waals surface area contributed by atoms with Crippen molar-refractivity contribution in [3.05, 3.63) is 33.4 Å². The molecule has 1 fully saturated rings. The predicted octanol–water partition coefficient (Wildman–Crippen LogP) is 2.85. The smallest absolute Gasteiger partial charge is 0.328 e. The summed E-state index contributed by atoms with van der Waals surface area (Å²) >= 11 is 2.18. The van der Waals surface area contributed by atoms with Crippen LogP contribution in [0.25, 0.3) is 0 Å². The van der Waals surface area contributed by atoms with Crippen LogP contribution in [-0.2, 0) is 9.53 Å². The lowest BCUT2D eigenvalue weighted by Crippen LogP contribution is -2.48. The summed E-state index contributed by atoms with van der Waals surface area (Å²) in [6, 6.07) is 7.00. The Labute approximate surface area is 132 Å². The van der Waals surface area contributed by atoms with Crippen molar-refractivity contribution in [1.29, 1.82) is 0 Å². The van der Waals surface area contributed by atoms with Crippen LogP contribution < -0.4 is 0 Å². The molecule has 0 saturated carbocycles. The molecule has 1 atom stereocenters. The third kappa shape index (κ3) is 3.50. The molecular formula is C15H18INO3. The fourth-order valence-corrected chi connectivity index (χ4v) is 2.99. The molecule has 5 heteroatoms. The van der Waals surface area contributed by atoms with Crippen molar-refractivity contribution in [2.24, 2.45) is 0 Å². The second-order valence-electron chi connectivity index (χ2n) is 4.77. The van der Waals surface area contributed by atoms with Crippen molar-refractivity contribution < 1.29 is 14.3 Å². The Hall–Kier alpha value is -1.11. The van der Waals surface area contributed by atoms with E-state index in [1.165, 1.54) is 0 Å². The molecule has 1 aliphatic rings. The summed E-state index contributed by atoms with van der Waals surface area (Å²) in [5, 5.41) is 0. The second kappa shape index (κ2) is 7.06. The first kappa shape index (κ1) is 15.3. The van der Waals surface area contributed by atoms with E-state index in [-0.39, 0.29) is 11.9 Å². The zero-order chi connectivity index (χ0) is 14.5. The zero-order valence-electron chi connectivity index (χ0n) is 11.5. The molecule has 4 nitrogen and oxygen atoms in total. The van der Waals surface area contributed by atoms with Crippen molar-refractivity contribution in [1.82, 2.24) is 4.90 Å². The third-order valence-corrected chi connectivity index (χ3v) is 4.06. The average Bonchev–Trinajstić information content (AvgIpc) is 2.47. The van der Waals surface area contributed by atoms with Crippen LogP contribution in [0.15, 0.2) is 24.3 Å². The quantitative estimate of drug-likeness (QED) is 0.592. The lowest BCUT2D eigenvalue weighted by Gasteiger charge is -2.34. The van der Waals surface area contributed by atoms with Gasteiger partial charge < -0.3 is 9.64 Å². The number of nitrogens with zero attached hydrogens (tertiary/aromatic N) is 1. The van der Waals surface area contributed by atoms with E-state index >= 15 is 0 Å². The van der Waals surface area contributed by atoms with Gasteiger partial charge in [0.2, 0.25) is 0 Å². The largest absolute Gasteiger partial charge is 0.464 e. The third-order valence-electron chi connectivity index (χ3n) is 3.39. The van der Waals surface area contributed by atoms with Crippen LogP contribution in [0.3, 0.4) is 0 Å². The Balaban J connectivity index is 2.19. The van der Waals surface area contributed by atoms with Crippen LogP contribution in [0.1, 0.15) is 36.5 Å². The number of ether oxygens (including phenoxy) is 1. The number of carbonyl (C=O) groups excluding carboxylic acids is 2. The number of carbonyl (C=O) groups is 2. The number of likely N-dealkylation sites (tertiary alicyclic amines) is 1. The first-order chi connectivity index (χ1) is 9.63. The normalized spacial score (nSPS) is 18.7. The minimum absolute atomic E-state index is 0.0822. The molecule has 2 rings (SSSR count). The van der Waals surface area contributed by atoms with Crippen molar-refractivity contribution in [3.8, 4) is 0 Å². The molecule has 0 N–H and O–H groups in total. The molecule has 1 aromatic carbocycles. The van der Waals surface area contributed by atoms with Gasteiger partial charge in [0, 0.05) is 15.7 Å². The highest BCUT2D eigenvalue weighted by atomic mass is 127. The van der Waals surface area contributed by atoms with Gasteiger partial charge in [-0.2, -0.15) is 0 Å². The van der Waals surface area contributed by atoms with E-state index in [9.17, 15) is 9.59 Å². The maximum absolute atomic E-state index is 12.6. The SMILES string of the molecule is CCOC(=O)C1CCCCN1C(=O)c1cccc(I)c1. The Bertz CT molecular complexity index is 504. The Morgan fingerprint density at radius 3 is 2.90 bits per heavy atom. The summed E-state index contributed by atoms with van der Waals surface area (Å²) in [4.78, 5) is 26.2. The molecule has 1 heterocycles. The molecule has 20 heavy (non-hydrogen) atoms. The molecule has 0 spiro atoms. The predicted molar refractivity (Wildman–Crippen MR) is 84.5 cm³/mol. The molecule has 108 valence electrons. The van der Waals surface area contributed by atoms with Crippen LogP contribution in [0.5, 0.6) is 0 Å². The van der Waals surface area contributed by atoms with E-state index in [1.807, 2.05) is 18.2 Å². The number of benzene rings is 1. The van der Waals surface area contributed by atoms with E-state index in [2.05, 4.69) is 22.6 Å². The molecule has 1 unspecified atom stereocenters. The Morgan fingerprint density at radius 2 is 2.20 bits per heavy atom. The van der Waals surface area contributed by atoms with Crippen molar-refractivity contribution in [2.45, 2.75) is 32.2 Å². The first-order valence-electron chi connectivity index (χ1n) is 6.86. The second-order valence-corrected chi connectivity index (χ2v) is 6.02. The van der Waals surface area contributed by atoms with Crippen LogP contribution in [-0.4, -0.2) is 36.0 Å². The lowest BCUT2D eigenvalue weighted by atomic mass is 10.0. The maximum Gasteiger partial charge on any atom is 0.328 e. The van der Waals surface area contributed by atoms with Gasteiger partial charge in [0.05, 0.1) is 6.61 Å². The van der Waals surface area contributed by atoms with Crippen LogP contribution in [0.4, 0.5) is 0 Å². The number of esters is 1. The summed E-state index contributed by atoms with van der Waals surface area (Å²) in [6.07, 6.45) is 2.58. The number of halogens is 1. The highest BCUT2D eigenvalue weighted by Crippen LogP contribution is 2.21. The lowest BCUT2D eigenvalue weighted by molar-refractivity contribution is -0.149. The number of hydrogen-bond donors (Lipinski definition) is 0. The van der Waals surface area contributed by atoms with E-state index in [1.54, 1.807) is 17.9 Å². The minimum Gasteiger partial charge on any atom is -0.464 e. The zero-order valence-corrected chi connectivity index (χ0v) is 13.6. The van der Waals surface area contributed by atoms with Gasteiger partial charge in [-0.1, -0.05) is 6.07 Å². The fraction of sp³-hybridized carbons (Fsp3) is 0.467. The molecule has 1 aromatic rings. The van der Waals surface area contributed by atoms with Gasteiger partial charge in [-0.05, 0) is 67.0 Å². The van der Waals surface area contributed by atoms with Gasteiger partial charge in [-0.25, -0.2) is 4.79 Å². The van der Waals surface area contributed by atoms with Gasteiger partial charge in [0.15, 0.2) is 0 Å². The van der Waals surface area contributed by atoms with Gasteiger partial charge in [0.1, 0.15) is 6.04 Å². The molecule has 0 aliphatic carbocycles. The molecule has 1 aliphatic heterocycles. The monoisotopic (exact) mass is 387 g/mol. The summed E-state index contributed by atoms with van der Waals surface area (Å²) in [5.41, 5.74) is 0.632. The molecule has 0 bridgehead atoms. The van der Waals surface area contributed by atoms with Crippen LogP contribution in [0, 0.1) is 3.57 Å². The fourth-order valence-electron chi connectivity index (χ4n) is 2.45. The van der Waals surface area contributed by atoms with Gasteiger partial charge in [-0.3, -0.25) is 4.79 Å². The van der Waals surface area contributed by atoms with Gasteiger partial charge >= 0.3 is 5.97 Å². The standard InChI is InChI=1S/C15H18INO3/c1-2-20-15(19)13-8-3-4-9-17(13)14(18)11-6-5-7-12(16)10-11/h5-7,10,13H,2-4,8-9H2,1H3. The van der Waals surface area contributed by atoms with E-state index < -0.39 is 6.04 Å². The van der Waals surface area contributed by atoms with Crippen molar-refractivity contribution >= 4 is 34.5 Å². The van der Waals surface area contributed by atoms with Gasteiger partial charge in [0.25, 0.3) is 5.91 Å².